The maximum Gasteiger partial charge on any atom is 0.146 e. The average molecular weight is 232 g/mol. The molecule has 1 aromatic heterocycles. The highest BCUT2D eigenvalue weighted by Crippen LogP contribution is 2.36. The summed E-state index contributed by atoms with van der Waals surface area (Å²) in [5, 5.41) is 0. The van der Waals surface area contributed by atoms with Gasteiger partial charge >= 0.3 is 0 Å². The predicted molar refractivity (Wildman–Crippen MR) is 67.5 cm³/mol. The van der Waals surface area contributed by atoms with Gasteiger partial charge in [-0.15, -0.1) is 0 Å². The number of carbonyl (C=O) groups excluding carboxylic acids is 1. The van der Waals surface area contributed by atoms with Crippen LogP contribution in [0.15, 0.2) is 24.4 Å². The van der Waals surface area contributed by atoms with Crippen molar-refractivity contribution in [1.29, 1.82) is 0 Å². The fraction of sp³-hybridized carbons (Fsp3) is 0.571. The third-order valence-electron chi connectivity index (χ3n) is 3.86. The number of hydrogen-bond acceptors (Lipinski definition) is 3. The number of Topliss-reactive ketones (excluding diaryl/α,β-unsaturated/α-hetero) is 1. The van der Waals surface area contributed by atoms with E-state index in [1.54, 1.807) is 6.20 Å². The van der Waals surface area contributed by atoms with Crippen LogP contribution >= 0.6 is 0 Å². The van der Waals surface area contributed by atoms with Gasteiger partial charge in [0.2, 0.25) is 0 Å². The number of nitrogens with two attached hydrogens (primary N) is 1. The average Bonchev–Trinajstić information content (AvgIpc) is 2.40. The zero-order valence-electron chi connectivity index (χ0n) is 10.2. The smallest absolute Gasteiger partial charge is 0.146 e. The maximum absolute atomic E-state index is 12.4. The molecule has 1 aliphatic rings. The highest BCUT2D eigenvalue weighted by atomic mass is 16.1. The third-order valence-corrected chi connectivity index (χ3v) is 3.86. The molecule has 1 heterocycles. The summed E-state index contributed by atoms with van der Waals surface area (Å²) in [5.41, 5.74) is 6.44. The van der Waals surface area contributed by atoms with Crippen molar-refractivity contribution in [3.8, 4) is 0 Å². The van der Waals surface area contributed by atoms with Crippen LogP contribution in [0.3, 0.4) is 0 Å². The van der Waals surface area contributed by atoms with Gasteiger partial charge in [0.15, 0.2) is 0 Å². The van der Waals surface area contributed by atoms with E-state index in [-0.39, 0.29) is 11.2 Å². The Bertz CT molecular complexity index is 369. The van der Waals surface area contributed by atoms with E-state index >= 15 is 0 Å². The van der Waals surface area contributed by atoms with Crippen LogP contribution < -0.4 is 5.73 Å². The Morgan fingerprint density at radius 2 is 2.06 bits per heavy atom. The molecule has 3 heteroatoms. The van der Waals surface area contributed by atoms with Crippen LogP contribution in [0.25, 0.3) is 0 Å². The molecule has 0 unspecified atom stereocenters. The minimum atomic E-state index is -0.268. The molecule has 17 heavy (non-hydrogen) atoms. The number of ketones is 1. The van der Waals surface area contributed by atoms with E-state index < -0.39 is 0 Å². The first kappa shape index (κ1) is 12.2. The highest BCUT2D eigenvalue weighted by Gasteiger charge is 2.37. The van der Waals surface area contributed by atoms with Crippen LogP contribution in [0.4, 0.5) is 0 Å². The van der Waals surface area contributed by atoms with Crippen molar-refractivity contribution < 1.29 is 4.79 Å². The molecule has 0 amide bonds. The van der Waals surface area contributed by atoms with E-state index in [1.807, 2.05) is 18.2 Å². The van der Waals surface area contributed by atoms with E-state index in [9.17, 15) is 4.79 Å². The fourth-order valence-electron chi connectivity index (χ4n) is 2.68. The van der Waals surface area contributed by atoms with Crippen LogP contribution in [0, 0.1) is 5.41 Å². The predicted octanol–water partition coefficient (Wildman–Crippen LogP) is 2.10. The van der Waals surface area contributed by atoms with Gasteiger partial charge in [0.1, 0.15) is 5.78 Å². The SMILES string of the molecule is NCC1(C(=O)Cc2ccccn2)CCCCC1. The summed E-state index contributed by atoms with van der Waals surface area (Å²) in [5.74, 6) is 0.276. The van der Waals surface area contributed by atoms with Crippen molar-refractivity contribution in [3.63, 3.8) is 0 Å². The number of hydrogen-bond donors (Lipinski definition) is 1. The standard InChI is InChI=1S/C14H20N2O/c15-11-14(7-3-1-4-8-14)13(17)10-12-6-2-5-9-16-12/h2,5-6,9H,1,3-4,7-8,10-11,15H2. The second kappa shape index (κ2) is 5.41. The maximum atomic E-state index is 12.4. The number of pyridine rings is 1. The summed E-state index contributed by atoms with van der Waals surface area (Å²) in [6.07, 6.45) is 7.57. The Hall–Kier alpha value is -1.22. The molecule has 3 nitrogen and oxygen atoms in total. The van der Waals surface area contributed by atoms with Crippen LogP contribution in [0.5, 0.6) is 0 Å². The van der Waals surface area contributed by atoms with Crippen LogP contribution in [-0.4, -0.2) is 17.3 Å². The molecule has 0 bridgehead atoms. The second-order valence-corrected chi connectivity index (χ2v) is 4.97. The molecule has 0 aromatic carbocycles. The lowest BCUT2D eigenvalue weighted by molar-refractivity contribution is -0.129. The molecule has 2 N–H and O–H groups in total. The van der Waals surface area contributed by atoms with Crippen molar-refractivity contribution in [2.24, 2.45) is 11.1 Å². The summed E-state index contributed by atoms with van der Waals surface area (Å²) < 4.78 is 0. The Morgan fingerprint density at radius 1 is 1.29 bits per heavy atom. The molecule has 0 saturated heterocycles. The molecule has 0 radical (unpaired) electrons. The quantitative estimate of drug-likeness (QED) is 0.865. The monoisotopic (exact) mass is 232 g/mol. The summed E-state index contributed by atoms with van der Waals surface area (Å²) >= 11 is 0. The topological polar surface area (TPSA) is 56.0 Å². The molecule has 1 saturated carbocycles. The molecule has 1 aliphatic carbocycles. The molecule has 92 valence electrons. The Morgan fingerprint density at radius 3 is 2.65 bits per heavy atom. The minimum Gasteiger partial charge on any atom is -0.329 e. The van der Waals surface area contributed by atoms with Gasteiger partial charge in [-0.25, -0.2) is 0 Å². The van der Waals surface area contributed by atoms with Gasteiger partial charge in [-0.3, -0.25) is 9.78 Å². The first-order valence-corrected chi connectivity index (χ1v) is 6.40. The first-order chi connectivity index (χ1) is 8.27. The number of carbonyl (C=O) groups is 1. The number of aromatic nitrogens is 1. The molecule has 0 aliphatic heterocycles. The van der Waals surface area contributed by atoms with Crippen molar-refractivity contribution in [2.75, 3.05) is 6.54 Å². The van der Waals surface area contributed by atoms with E-state index in [2.05, 4.69) is 4.98 Å². The lowest BCUT2D eigenvalue weighted by Crippen LogP contribution is -2.41. The van der Waals surface area contributed by atoms with Gasteiger partial charge in [0.05, 0.1) is 0 Å². The summed E-state index contributed by atoms with van der Waals surface area (Å²) in [6.45, 7) is 0.485. The third kappa shape index (κ3) is 2.72. The normalized spacial score (nSPS) is 18.9. The fourth-order valence-corrected chi connectivity index (χ4v) is 2.68. The molecule has 2 rings (SSSR count). The van der Waals surface area contributed by atoms with Crippen molar-refractivity contribution in [1.82, 2.24) is 4.98 Å². The van der Waals surface area contributed by atoms with Crippen LogP contribution in [0.1, 0.15) is 37.8 Å². The number of nitrogens with zero attached hydrogens (tertiary/aromatic N) is 1. The first-order valence-electron chi connectivity index (χ1n) is 6.40. The van der Waals surface area contributed by atoms with Gasteiger partial charge < -0.3 is 5.73 Å². The van der Waals surface area contributed by atoms with Gasteiger partial charge in [-0.1, -0.05) is 25.3 Å². The molecular formula is C14H20N2O. The Labute approximate surface area is 102 Å². The summed E-state index contributed by atoms with van der Waals surface area (Å²) in [7, 11) is 0. The molecule has 1 aromatic rings. The second-order valence-electron chi connectivity index (χ2n) is 4.97. The Kier molecular flexibility index (Phi) is 3.89. The van der Waals surface area contributed by atoms with Crippen molar-refractivity contribution in [2.45, 2.75) is 38.5 Å². The number of rotatable bonds is 4. The molecule has 1 fully saturated rings. The van der Waals surface area contributed by atoms with Crippen LogP contribution in [0.2, 0.25) is 0 Å². The van der Waals surface area contributed by atoms with E-state index in [4.69, 9.17) is 5.73 Å². The zero-order chi connectivity index (χ0) is 12.1. The molecular weight excluding hydrogens is 212 g/mol. The van der Waals surface area contributed by atoms with Crippen molar-refractivity contribution in [3.05, 3.63) is 30.1 Å². The highest BCUT2D eigenvalue weighted by molar-refractivity contribution is 5.86. The largest absolute Gasteiger partial charge is 0.329 e. The summed E-state index contributed by atoms with van der Waals surface area (Å²) in [6, 6.07) is 5.70. The van der Waals surface area contributed by atoms with Gasteiger partial charge in [0, 0.05) is 30.3 Å². The van der Waals surface area contributed by atoms with Gasteiger partial charge in [0.25, 0.3) is 0 Å². The summed E-state index contributed by atoms with van der Waals surface area (Å²) in [4.78, 5) is 16.6. The molecule has 0 atom stereocenters. The molecule has 0 spiro atoms. The van der Waals surface area contributed by atoms with Crippen LogP contribution in [-0.2, 0) is 11.2 Å². The Balaban J connectivity index is 2.07. The zero-order valence-corrected chi connectivity index (χ0v) is 10.2. The van der Waals surface area contributed by atoms with E-state index in [0.29, 0.717) is 13.0 Å². The van der Waals surface area contributed by atoms with E-state index in [0.717, 1.165) is 31.4 Å². The minimum absolute atomic E-state index is 0.268. The van der Waals surface area contributed by atoms with E-state index in [1.165, 1.54) is 6.42 Å². The van der Waals surface area contributed by atoms with Crippen molar-refractivity contribution >= 4 is 5.78 Å². The lowest BCUT2D eigenvalue weighted by Gasteiger charge is -2.34. The van der Waals surface area contributed by atoms with Gasteiger partial charge in [-0.05, 0) is 25.0 Å². The van der Waals surface area contributed by atoms with Gasteiger partial charge in [-0.2, -0.15) is 0 Å². The lowest BCUT2D eigenvalue weighted by atomic mass is 9.70.